The van der Waals surface area contributed by atoms with Crippen LogP contribution in [0, 0.1) is 0 Å². The summed E-state index contributed by atoms with van der Waals surface area (Å²) in [5.74, 6) is -1.51. The predicted octanol–water partition coefficient (Wildman–Crippen LogP) is 3.14. The molecule has 9 nitrogen and oxygen atoms in total. The first-order chi connectivity index (χ1) is 15.3. The number of amides is 4. The van der Waals surface area contributed by atoms with Gasteiger partial charge in [0.2, 0.25) is 11.8 Å². The van der Waals surface area contributed by atoms with Crippen molar-refractivity contribution >= 4 is 58.4 Å². The van der Waals surface area contributed by atoms with Crippen molar-refractivity contribution in [3.8, 4) is 0 Å². The van der Waals surface area contributed by atoms with Gasteiger partial charge in [-0.2, -0.15) is 0 Å². The lowest BCUT2D eigenvalue weighted by molar-refractivity contribution is -0.130. The van der Waals surface area contributed by atoms with Crippen LogP contribution in [0.2, 0.25) is 10.0 Å². The number of halogens is 2. The maximum Gasteiger partial charge on any atom is 0.337 e. The zero-order chi connectivity index (χ0) is 23.3. The summed E-state index contributed by atoms with van der Waals surface area (Å²) in [5, 5.41) is 8.35. The topological polar surface area (TPSA) is 117 Å². The number of rotatable bonds is 5. The molecule has 0 spiro atoms. The van der Waals surface area contributed by atoms with Crippen LogP contribution in [0.25, 0.3) is 0 Å². The molecule has 1 aliphatic rings. The van der Waals surface area contributed by atoms with E-state index in [1.54, 1.807) is 36.4 Å². The average molecular weight is 479 g/mol. The molecule has 0 aliphatic carbocycles. The van der Waals surface area contributed by atoms with Crippen LogP contribution in [-0.2, 0) is 14.3 Å². The average Bonchev–Trinajstić information content (AvgIpc) is 2.77. The maximum absolute atomic E-state index is 12.8. The molecule has 0 saturated carbocycles. The molecule has 4 amide bonds. The van der Waals surface area contributed by atoms with Gasteiger partial charge in [0.05, 0.1) is 34.8 Å². The van der Waals surface area contributed by atoms with Gasteiger partial charge in [-0.05, 0) is 30.3 Å². The summed E-state index contributed by atoms with van der Waals surface area (Å²) < 4.78 is 4.66. The van der Waals surface area contributed by atoms with Crippen molar-refractivity contribution in [2.75, 3.05) is 30.8 Å². The number of carbonyl (C=O) groups excluding carboxylic acids is 4. The van der Waals surface area contributed by atoms with Gasteiger partial charge in [-0.25, -0.2) is 9.59 Å². The molecule has 11 heteroatoms. The van der Waals surface area contributed by atoms with E-state index in [0.29, 0.717) is 5.69 Å². The second kappa shape index (κ2) is 10.3. The minimum atomic E-state index is -1.04. The Labute approximate surface area is 194 Å². The van der Waals surface area contributed by atoms with Gasteiger partial charge in [0, 0.05) is 18.8 Å². The Morgan fingerprint density at radius 2 is 1.91 bits per heavy atom. The van der Waals surface area contributed by atoms with Crippen molar-refractivity contribution in [3.05, 3.63) is 58.1 Å². The first-order valence-electron chi connectivity index (χ1n) is 9.57. The zero-order valence-electron chi connectivity index (χ0n) is 17.0. The normalized spacial score (nSPS) is 15.5. The predicted molar refractivity (Wildman–Crippen MR) is 120 cm³/mol. The van der Waals surface area contributed by atoms with Gasteiger partial charge < -0.3 is 25.6 Å². The summed E-state index contributed by atoms with van der Waals surface area (Å²) in [7, 11) is 1.26. The molecule has 32 heavy (non-hydrogen) atoms. The van der Waals surface area contributed by atoms with E-state index < -0.39 is 29.9 Å². The molecule has 0 aromatic heterocycles. The van der Waals surface area contributed by atoms with Gasteiger partial charge in [0.1, 0.15) is 6.04 Å². The van der Waals surface area contributed by atoms with Gasteiger partial charge in [0.25, 0.3) is 0 Å². The van der Waals surface area contributed by atoms with E-state index in [9.17, 15) is 19.2 Å². The number of urea groups is 1. The number of nitrogens with one attached hydrogen (secondary N) is 3. The van der Waals surface area contributed by atoms with Crippen molar-refractivity contribution in [1.29, 1.82) is 0 Å². The highest BCUT2D eigenvalue weighted by Crippen LogP contribution is 2.30. The molecule has 1 aliphatic heterocycles. The quantitative estimate of drug-likeness (QED) is 0.570. The first kappa shape index (κ1) is 23.4. The number of piperazine rings is 1. The molecule has 1 unspecified atom stereocenters. The summed E-state index contributed by atoms with van der Waals surface area (Å²) in [6.07, 6.45) is -0.287. The van der Waals surface area contributed by atoms with Gasteiger partial charge in [0.15, 0.2) is 0 Å². The number of hydrogen-bond acceptors (Lipinski definition) is 5. The van der Waals surface area contributed by atoms with Crippen LogP contribution in [0.1, 0.15) is 16.8 Å². The lowest BCUT2D eigenvalue weighted by Gasteiger charge is -2.34. The van der Waals surface area contributed by atoms with Crippen molar-refractivity contribution in [2.45, 2.75) is 12.5 Å². The molecule has 3 N–H and O–H groups in total. The summed E-state index contributed by atoms with van der Waals surface area (Å²) in [5.41, 5.74) is 0.911. The number of esters is 1. The highest BCUT2D eigenvalue weighted by Gasteiger charge is 2.35. The minimum Gasteiger partial charge on any atom is -0.465 e. The SMILES string of the molecule is COC(=O)c1cccc(NC(=O)CC2C(=O)NCCN2C(=O)Nc2cccc(Cl)c2Cl)c1. The number of benzene rings is 2. The highest BCUT2D eigenvalue weighted by molar-refractivity contribution is 6.44. The van der Waals surface area contributed by atoms with E-state index in [0.717, 1.165) is 0 Å². The number of anilines is 2. The lowest BCUT2D eigenvalue weighted by Crippen LogP contribution is -2.59. The molecular formula is C21H20Cl2N4O5. The van der Waals surface area contributed by atoms with E-state index in [1.807, 2.05) is 0 Å². The summed E-state index contributed by atoms with van der Waals surface area (Å²) in [6, 6.07) is 9.34. The largest absolute Gasteiger partial charge is 0.465 e. The monoisotopic (exact) mass is 478 g/mol. The zero-order valence-corrected chi connectivity index (χ0v) is 18.5. The Morgan fingerprint density at radius 3 is 2.66 bits per heavy atom. The van der Waals surface area contributed by atoms with Crippen LogP contribution in [0.5, 0.6) is 0 Å². The number of hydrogen-bond donors (Lipinski definition) is 3. The fraction of sp³-hybridized carbons (Fsp3) is 0.238. The third-order valence-corrected chi connectivity index (χ3v) is 5.55. The number of ether oxygens (including phenoxy) is 1. The molecule has 1 fully saturated rings. The van der Waals surface area contributed by atoms with E-state index in [2.05, 4.69) is 20.7 Å². The molecule has 0 bridgehead atoms. The lowest BCUT2D eigenvalue weighted by atomic mass is 10.1. The molecule has 3 rings (SSSR count). The third-order valence-electron chi connectivity index (χ3n) is 4.73. The summed E-state index contributed by atoms with van der Waals surface area (Å²) in [6.45, 7) is 0.445. The van der Waals surface area contributed by atoms with Gasteiger partial charge >= 0.3 is 12.0 Å². The van der Waals surface area contributed by atoms with E-state index in [1.165, 1.54) is 18.1 Å². The van der Waals surface area contributed by atoms with Crippen LogP contribution in [-0.4, -0.2) is 55.0 Å². The van der Waals surface area contributed by atoms with Gasteiger partial charge in [-0.3, -0.25) is 9.59 Å². The van der Waals surface area contributed by atoms with Crippen LogP contribution < -0.4 is 16.0 Å². The first-order valence-corrected chi connectivity index (χ1v) is 10.3. The smallest absolute Gasteiger partial charge is 0.337 e. The van der Waals surface area contributed by atoms with E-state index in [-0.39, 0.29) is 40.8 Å². The Bertz CT molecular complexity index is 1060. The fourth-order valence-corrected chi connectivity index (χ4v) is 3.53. The molecule has 2 aromatic carbocycles. The highest BCUT2D eigenvalue weighted by atomic mass is 35.5. The third kappa shape index (κ3) is 5.49. The molecular weight excluding hydrogens is 459 g/mol. The molecule has 1 saturated heterocycles. The summed E-state index contributed by atoms with van der Waals surface area (Å²) in [4.78, 5) is 50.8. The Hall–Kier alpha value is -3.30. The molecule has 1 heterocycles. The van der Waals surface area contributed by atoms with Crippen LogP contribution in [0.4, 0.5) is 16.2 Å². The fourth-order valence-electron chi connectivity index (χ4n) is 3.18. The second-order valence-corrected chi connectivity index (χ2v) is 7.64. The molecule has 0 radical (unpaired) electrons. The number of methoxy groups -OCH3 is 1. The number of carbonyl (C=O) groups is 4. The Balaban J connectivity index is 1.71. The van der Waals surface area contributed by atoms with Gasteiger partial charge in [-0.1, -0.05) is 35.3 Å². The minimum absolute atomic E-state index is 0.170. The molecule has 1 atom stereocenters. The van der Waals surface area contributed by atoms with Crippen molar-refractivity contribution in [3.63, 3.8) is 0 Å². The Morgan fingerprint density at radius 1 is 1.16 bits per heavy atom. The van der Waals surface area contributed by atoms with Crippen molar-refractivity contribution in [2.24, 2.45) is 0 Å². The van der Waals surface area contributed by atoms with Crippen LogP contribution in [0.15, 0.2) is 42.5 Å². The Kier molecular flexibility index (Phi) is 7.55. The van der Waals surface area contributed by atoms with E-state index >= 15 is 0 Å². The molecule has 2 aromatic rings. The van der Waals surface area contributed by atoms with Crippen molar-refractivity contribution < 1.29 is 23.9 Å². The van der Waals surface area contributed by atoms with Crippen LogP contribution >= 0.6 is 23.2 Å². The van der Waals surface area contributed by atoms with Crippen LogP contribution in [0.3, 0.4) is 0 Å². The summed E-state index contributed by atoms with van der Waals surface area (Å²) >= 11 is 12.1. The van der Waals surface area contributed by atoms with Crippen molar-refractivity contribution in [1.82, 2.24) is 10.2 Å². The maximum atomic E-state index is 12.8. The molecule has 168 valence electrons. The van der Waals surface area contributed by atoms with E-state index in [4.69, 9.17) is 23.2 Å². The number of nitrogens with zero attached hydrogens (tertiary/aromatic N) is 1. The van der Waals surface area contributed by atoms with Gasteiger partial charge in [-0.15, -0.1) is 0 Å². The standard InChI is InChI=1S/C21H20Cl2N4O5/c1-32-20(30)12-4-2-5-13(10-12)25-17(28)11-16-19(29)24-8-9-27(16)21(31)26-15-7-3-6-14(22)18(15)23/h2-7,10,16H,8-9,11H2,1H3,(H,24,29)(H,25,28)(H,26,31). The second-order valence-electron chi connectivity index (χ2n) is 6.86.